The number of para-hydroxylation sites is 1. The van der Waals surface area contributed by atoms with Crippen LogP contribution in [-0.4, -0.2) is 16.7 Å². The Bertz CT molecular complexity index is 239. The lowest BCUT2D eigenvalue weighted by Gasteiger charge is -1.85. The number of benzene rings is 1. The fourth-order valence-electron chi connectivity index (χ4n) is 0.550. The molecule has 5 heteroatoms. The molecule has 72 valence electrons. The van der Waals surface area contributed by atoms with Gasteiger partial charge in [-0.2, -0.15) is 0 Å². The molecular formula is C8H9Cl2NO2. The molecule has 13 heavy (non-hydrogen) atoms. The normalized spacial score (nSPS) is 8.46. The molecule has 1 aromatic carbocycles. The van der Waals surface area contributed by atoms with Crippen molar-refractivity contribution < 1.29 is 4.92 Å². The van der Waals surface area contributed by atoms with Crippen LogP contribution < -0.4 is 0 Å². The van der Waals surface area contributed by atoms with E-state index in [0.717, 1.165) is 0 Å². The van der Waals surface area contributed by atoms with Gasteiger partial charge in [-0.15, -0.1) is 23.2 Å². The number of non-ortho nitro benzene ring substituents is 1. The molecule has 0 amide bonds. The Labute approximate surface area is 86.4 Å². The van der Waals surface area contributed by atoms with E-state index in [1.54, 1.807) is 18.2 Å². The molecule has 0 aromatic heterocycles. The Kier molecular flexibility index (Phi) is 7.35. The first kappa shape index (κ1) is 12.2. The zero-order valence-corrected chi connectivity index (χ0v) is 8.33. The van der Waals surface area contributed by atoms with Crippen molar-refractivity contribution in [2.75, 3.05) is 11.8 Å². The van der Waals surface area contributed by atoms with Crippen LogP contribution in [0.15, 0.2) is 30.3 Å². The summed E-state index contributed by atoms with van der Waals surface area (Å²) in [5.41, 5.74) is 0.137. The lowest BCUT2D eigenvalue weighted by Crippen LogP contribution is -1.84. The molecule has 0 spiro atoms. The van der Waals surface area contributed by atoms with Crippen LogP contribution in [0.4, 0.5) is 5.69 Å². The van der Waals surface area contributed by atoms with Gasteiger partial charge in [-0.05, 0) is 0 Å². The second-order valence-electron chi connectivity index (χ2n) is 1.97. The number of alkyl halides is 2. The van der Waals surface area contributed by atoms with Gasteiger partial charge in [0.25, 0.3) is 5.69 Å². The van der Waals surface area contributed by atoms with Crippen LogP contribution in [0.1, 0.15) is 0 Å². The topological polar surface area (TPSA) is 43.1 Å². The Balaban J connectivity index is 0.000000310. The van der Waals surface area contributed by atoms with Crippen LogP contribution >= 0.6 is 23.2 Å². The van der Waals surface area contributed by atoms with Gasteiger partial charge in [-0.3, -0.25) is 10.1 Å². The van der Waals surface area contributed by atoms with E-state index in [1.807, 2.05) is 0 Å². The van der Waals surface area contributed by atoms with E-state index in [4.69, 9.17) is 23.2 Å². The van der Waals surface area contributed by atoms with Crippen molar-refractivity contribution in [3.63, 3.8) is 0 Å². The number of rotatable bonds is 2. The van der Waals surface area contributed by atoms with Crippen molar-refractivity contribution in [3.8, 4) is 0 Å². The molecule has 0 aliphatic carbocycles. The molecule has 3 nitrogen and oxygen atoms in total. The molecule has 0 saturated carbocycles. The monoisotopic (exact) mass is 221 g/mol. The number of hydrogen-bond donors (Lipinski definition) is 0. The predicted octanol–water partition coefficient (Wildman–Crippen LogP) is 3.06. The van der Waals surface area contributed by atoms with Crippen LogP contribution in [0.3, 0.4) is 0 Å². The Morgan fingerprint density at radius 3 is 1.85 bits per heavy atom. The fourth-order valence-corrected chi connectivity index (χ4v) is 0.550. The molecule has 0 unspecified atom stereocenters. The molecule has 1 aromatic rings. The van der Waals surface area contributed by atoms with E-state index in [2.05, 4.69) is 0 Å². The van der Waals surface area contributed by atoms with Gasteiger partial charge in [0.05, 0.1) is 4.92 Å². The SMILES string of the molecule is ClCCCl.O=[N+]([O-])c1ccccc1. The van der Waals surface area contributed by atoms with Gasteiger partial charge >= 0.3 is 0 Å². The standard InChI is InChI=1S/C6H5NO2.C2H4Cl2/c8-7(9)6-4-2-1-3-5-6;3-1-2-4/h1-5H;1-2H2. The van der Waals surface area contributed by atoms with Crippen molar-refractivity contribution in [2.45, 2.75) is 0 Å². The average molecular weight is 222 g/mol. The van der Waals surface area contributed by atoms with Gasteiger partial charge in [0, 0.05) is 23.9 Å². The third-order valence-corrected chi connectivity index (χ3v) is 1.61. The summed E-state index contributed by atoms with van der Waals surface area (Å²) in [6.07, 6.45) is 0. The van der Waals surface area contributed by atoms with E-state index in [-0.39, 0.29) is 5.69 Å². The first-order valence-electron chi connectivity index (χ1n) is 3.53. The third kappa shape index (κ3) is 6.37. The smallest absolute Gasteiger partial charge is 0.258 e. The molecule has 0 heterocycles. The highest BCUT2D eigenvalue weighted by Crippen LogP contribution is 2.06. The van der Waals surface area contributed by atoms with Crippen LogP contribution in [0.5, 0.6) is 0 Å². The highest BCUT2D eigenvalue weighted by molar-refractivity contribution is 6.25. The van der Waals surface area contributed by atoms with Gasteiger partial charge < -0.3 is 0 Å². The summed E-state index contributed by atoms with van der Waals surface area (Å²) in [5, 5.41) is 10.0. The summed E-state index contributed by atoms with van der Waals surface area (Å²) in [6.45, 7) is 0. The zero-order chi connectivity index (χ0) is 10.1. The first-order valence-corrected chi connectivity index (χ1v) is 4.60. The van der Waals surface area contributed by atoms with Crippen molar-refractivity contribution in [3.05, 3.63) is 40.4 Å². The number of nitro groups is 1. The molecule has 0 saturated heterocycles. The minimum atomic E-state index is -0.417. The van der Waals surface area contributed by atoms with Gasteiger partial charge in [0.1, 0.15) is 0 Å². The van der Waals surface area contributed by atoms with Gasteiger partial charge in [0.15, 0.2) is 0 Å². The quantitative estimate of drug-likeness (QED) is 0.438. The Hall–Kier alpha value is -0.800. The summed E-state index contributed by atoms with van der Waals surface area (Å²) in [4.78, 5) is 9.59. The van der Waals surface area contributed by atoms with Gasteiger partial charge in [0.2, 0.25) is 0 Å². The Morgan fingerprint density at radius 1 is 1.15 bits per heavy atom. The lowest BCUT2D eigenvalue weighted by molar-refractivity contribution is -0.384. The van der Waals surface area contributed by atoms with Crippen molar-refractivity contribution in [1.82, 2.24) is 0 Å². The predicted molar refractivity (Wildman–Crippen MR) is 54.5 cm³/mol. The minimum Gasteiger partial charge on any atom is -0.258 e. The molecule has 0 fully saturated rings. The van der Waals surface area contributed by atoms with Crippen molar-refractivity contribution in [2.24, 2.45) is 0 Å². The maximum Gasteiger partial charge on any atom is 0.269 e. The molecule has 0 aliphatic heterocycles. The van der Waals surface area contributed by atoms with E-state index >= 15 is 0 Å². The fraction of sp³-hybridized carbons (Fsp3) is 0.250. The molecule has 0 N–H and O–H groups in total. The first-order chi connectivity index (χ1) is 6.22. The molecular weight excluding hydrogens is 213 g/mol. The number of hydrogen-bond acceptors (Lipinski definition) is 2. The number of nitrogens with zero attached hydrogens (tertiary/aromatic N) is 1. The summed E-state index contributed by atoms with van der Waals surface area (Å²) >= 11 is 10.1. The third-order valence-electron chi connectivity index (χ3n) is 1.04. The zero-order valence-electron chi connectivity index (χ0n) is 6.82. The second-order valence-corrected chi connectivity index (χ2v) is 2.73. The van der Waals surface area contributed by atoms with Crippen LogP contribution in [-0.2, 0) is 0 Å². The molecule has 0 radical (unpaired) electrons. The maximum atomic E-state index is 10.0. The summed E-state index contributed by atoms with van der Waals surface area (Å²) in [5.74, 6) is 1.11. The summed E-state index contributed by atoms with van der Waals surface area (Å²) in [7, 11) is 0. The molecule has 1 rings (SSSR count). The van der Waals surface area contributed by atoms with E-state index in [9.17, 15) is 10.1 Å². The Morgan fingerprint density at radius 2 is 1.62 bits per heavy atom. The van der Waals surface area contributed by atoms with Gasteiger partial charge in [-0.25, -0.2) is 0 Å². The van der Waals surface area contributed by atoms with E-state index in [0.29, 0.717) is 11.8 Å². The molecule has 0 bridgehead atoms. The van der Waals surface area contributed by atoms with Crippen LogP contribution in [0, 0.1) is 10.1 Å². The van der Waals surface area contributed by atoms with E-state index in [1.165, 1.54) is 12.1 Å². The number of nitro benzene ring substituents is 1. The summed E-state index contributed by atoms with van der Waals surface area (Å²) < 4.78 is 0. The molecule has 0 aliphatic rings. The number of halogens is 2. The van der Waals surface area contributed by atoms with Gasteiger partial charge in [-0.1, -0.05) is 18.2 Å². The van der Waals surface area contributed by atoms with Crippen LogP contribution in [0.2, 0.25) is 0 Å². The highest BCUT2D eigenvalue weighted by Gasteiger charge is 1.98. The van der Waals surface area contributed by atoms with Crippen molar-refractivity contribution >= 4 is 28.9 Å². The lowest BCUT2D eigenvalue weighted by atomic mass is 10.3. The highest BCUT2D eigenvalue weighted by atomic mass is 35.5. The van der Waals surface area contributed by atoms with E-state index < -0.39 is 4.92 Å². The minimum absolute atomic E-state index is 0.137. The largest absolute Gasteiger partial charge is 0.269 e. The average Bonchev–Trinajstić information content (AvgIpc) is 2.19. The molecule has 0 atom stereocenters. The van der Waals surface area contributed by atoms with Crippen LogP contribution in [0.25, 0.3) is 0 Å². The van der Waals surface area contributed by atoms with Crippen molar-refractivity contribution in [1.29, 1.82) is 0 Å². The second kappa shape index (κ2) is 7.83. The maximum absolute atomic E-state index is 10.0. The summed E-state index contributed by atoms with van der Waals surface area (Å²) in [6, 6.07) is 7.93.